The fraction of sp³-hybridized carbons (Fsp3) is 0.588. The number of carbonyl (C=O) groups excluding carboxylic acids is 1. The van der Waals surface area contributed by atoms with Crippen molar-refractivity contribution in [3.05, 3.63) is 23.8 Å². The van der Waals surface area contributed by atoms with Crippen LogP contribution in [0.1, 0.15) is 56.3 Å². The van der Waals surface area contributed by atoms with Gasteiger partial charge < -0.3 is 15.7 Å². The molecule has 2 rings (SSSR count). The van der Waals surface area contributed by atoms with Crippen molar-refractivity contribution in [2.24, 2.45) is 5.92 Å². The summed E-state index contributed by atoms with van der Waals surface area (Å²) < 4.78 is 0. The lowest BCUT2D eigenvalue weighted by molar-refractivity contribution is 0.0669. The van der Waals surface area contributed by atoms with Crippen LogP contribution in [0.2, 0.25) is 0 Å². The summed E-state index contributed by atoms with van der Waals surface area (Å²) in [5, 5.41) is 10.1. The first-order valence-electron chi connectivity index (χ1n) is 7.89. The van der Waals surface area contributed by atoms with Gasteiger partial charge in [-0.3, -0.25) is 4.79 Å². The summed E-state index contributed by atoms with van der Waals surface area (Å²) >= 11 is 0. The van der Waals surface area contributed by atoms with Crippen molar-refractivity contribution in [3.8, 4) is 5.75 Å². The molecule has 0 aliphatic heterocycles. The molecular weight excluding hydrogens is 264 g/mol. The molecule has 1 aromatic carbocycles. The number of phenols is 1. The molecular formula is C17H26N2O2. The average molecular weight is 290 g/mol. The molecule has 0 saturated heterocycles. The van der Waals surface area contributed by atoms with E-state index in [2.05, 4.69) is 13.8 Å². The van der Waals surface area contributed by atoms with Crippen molar-refractivity contribution in [3.63, 3.8) is 0 Å². The van der Waals surface area contributed by atoms with Crippen molar-refractivity contribution >= 4 is 11.6 Å². The lowest BCUT2D eigenvalue weighted by Crippen LogP contribution is -2.40. The van der Waals surface area contributed by atoms with Gasteiger partial charge in [-0.1, -0.05) is 32.8 Å². The molecule has 4 nitrogen and oxygen atoms in total. The molecule has 21 heavy (non-hydrogen) atoms. The number of hydrogen-bond acceptors (Lipinski definition) is 3. The van der Waals surface area contributed by atoms with E-state index in [4.69, 9.17) is 5.73 Å². The number of nitrogens with zero attached hydrogens (tertiary/aromatic N) is 1. The van der Waals surface area contributed by atoms with Crippen LogP contribution in [0, 0.1) is 5.92 Å². The topological polar surface area (TPSA) is 66.6 Å². The number of phenolic OH excluding ortho intramolecular Hbond substituents is 1. The Balaban J connectivity index is 2.22. The zero-order valence-corrected chi connectivity index (χ0v) is 13.0. The van der Waals surface area contributed by atoms with Crippen molar-refractivity contribution in [2.45, 2.75) is 52.0 Å². The number of aromatic hydroxyl groups is 1. The van der Waals surface area contributed by atoms with Crippen LogP contribution in [-0.4, -0.2) is 28.5 Å². The van der Waals surface area contributed by atoms with Crippen LogP contribution in [0.3, 0.4) is 0 Å². The van der Waals surface area contributed by atoms with Crippen LogP contribution in [0.4, 0.5) is 5.69 Å². The Hall–Kier alpha value is -1.71. The molecule has 0 aromatic heterocycles. The lowest BCUT2D eigenvalue weighted by atomic mass is 10.1. The Morgan fingerprint density at radius 1 is 1.38 bits per heavy atom. The maximum absolute atomic E-state index is 12.8. The number of nitrogens with two attached hydrogens (primary N) is 1. The number of anilines is 1. The van der Waals surface area contributed by atoms with Crippen molar-refractivity contribution in [2.75, 3.05) is 12.3 Å². The molecule has 0 bridgehead atoms. The van der Waals surface area contributed by atoms with Gasteiger partial charge in [0.25, 0.3) is 5.91 Å². The monoisotopic (exact) mass is 290 g/mol. The summed E-state index contributed by atoms with van der Waals surface area (Å²) in [6, 6.07) is 5.29. The highest BCUT2D eigenvalue weighted by Gasteiger charge is 2.28. The average Bonchev–Trinajstić information content (AvgIpc) is 2.95. The molecule has 1 aliphatic carbocycles. The van der Waals surface area contributed by atoms with E-state index >= 15 is 0 Å². The zero-order chi connectivity index (χ0) is 15.4. The van der Waals surface area contributed by atoms with E-state index in [-0.39, 0.29) is 17.3 Å². The van der Waals surface area contributed by atoms with Crippen molar-refractivity contribution in [1.29, 1.82) is 0 Å². The SMILES string of the molecule is CC(C)CCN(C(=O)c1cccc(N)c1O)C1CCCC1. The van der Waals surface area contributed by atoms with Crippen LogP contribution in [-0.2, 0) is 0 Å². The van der Waals surface area contributed by atoms with Crippen LogP contribution >= 0.6 is 0 Å². The molecule has 4 heteroatoms. The van der Waals surface area contributed by atoms with E-state index in [1.165, 1.54) is 12.8 Å². The number of amides is 1. The highest BCUT2D eigenvalue weighted by atomic mass is 16.3. The number of carbonyl (C=O) groups is 1. The van der Waals surface area contributed by atoms with Gasteiger partial charge in [-0.2, -0.15) is 0 Å². The van der Waals surface area contributed by atoms with Crippen LogP contribution in [0.25, 0.3) is 0 Å². The molecule has 0 radical (unpaired) electrons. The molecule has 1 aromatic rings. The van der Waals surface area contributed by atoms with E-state index < -0.39 is 0 Å². The summed E-state index contributed by atoms with van der Waals surface area (Å²) in [5.74, 6) is 0.374. The van der Waals surface area contributed by atoms with Gasteiger partial charge in [0, 0.05) is 12.6 Å². The second-order valence-corrected chi connectivity index (χ2v) is 6.36. The maximum Gasteiger partial charge on any atom is 0.257 e. The fourth-order valence-corrected chi connectivity index (χ4v) is 2.95. The van der Waals surface area contributed by atoms with Gasteiger partial charge in [-0.05, 0) is 37.3 Å². The predicted octanol–water partition coefficient (Wildman–Crippen LogP) is 3.41. The quantitative estimate of drug-likeness (QED) is 0.645. The fourth-order valence-electron chi connectivity index (χ4n) is 2.95. The third kappa shape index (κ3) is 3.69. The number of para-hydroxylation sites is 1. The Morgan fingerprint density at radius 3 is 2.67 bits per heavy atom. The van der Waals surface area contributed by atoms with Crippen LogP contribution in [0.15, 0.2) is 18.2 Å². The van der Waals surface area contributed by atoms with Gasteiger partial charge in [0.05, 0.1) is 11.3 Å². The molecule has 0 atom stereocenters. The highest BCUT2D eigenvalue weighted by molar-refractivity contribution is 5.98. The molecule has 0 unspecified atom stereocenters. The first-order chi connectivity index (χ1) is 10.0. The Kier molecular flexibility index (Phi) is 5.10. The Bertz CT molecular complexity index is 494. The first-order valence-corrected chi connectivity index (χ1v) is 7.89. The molecule has 116 valence electrons. The normalized spacial score (nSPS) is 15.6. The molecule has 1 saturated carbocycles. The second kappa shape index (κ2) is 6.83. The maximum atomic E-state index is 12.8. The third-order valence-electron chi connectivity index (χ3n) is 4.27. The van der Waals surface area contributed by atoms with E-state index in [9.17, 15) is 9.90 Å². The second-order valence-electron chi connectivity index (χ2n) is 6.36. The molecule has 1 aliphatic rings. The summed E-state index contributed by atoms with van der Waals surface area (Å²) in [4.78, 5) is 14.8. The molecule has 0 spiro atoms. The van der Waals surface area contributed by atoms with Gasteiger partial charge in [-0.25, -0.2) is 0 Å². The third-order valence-corrected chi connectivity index (χ3v) is 4.27. The van der Waals surface area contributed by atoms with Crippen LogP contribution < -0.4 is 5.73 Å². The molecule has 3 N–H and O–H groups in total. The summed E-state index contributed by atoms with van der Waals surface area (Å²) in [5.41, 5.74) is 6.30. The summed E-state index contributed by atoms with van der Waals surface area (Å²) in [6.45, 7) is 5.07. The van der Waals surface area contributed by atoms with E-state index in [1.807, 2.05) is 4.90 Å². The largest absolute Gasteiger partial charge is 0.505 e. The predicted molar refractivity (Wildman–Crippen MR) is 85.3 cm³/mol. The van der Waals surface area contributed by atoms with Crippen molar-refractivity contribution < 1.29 is 9.90 Å². The Morgan fingerprint density at radius 2 is 2.05 bits per heavy atom. The summed E-state index contributed by atoms with van der Waals surface area (Å²) in [7, 11) is 0. The Labute approximate surface area is 126 Å². The minimum Gasteiger partial charge on any atom is -0.505 e. The number of benzene rings is 1. The highest BCUT2D eigenvalue weighted by Crippen LogP contribution is 2.30. The van der Waals surface area contributed by atoms with E-state index in [0.29, 0.717) is 17.5 Å². The lowest BCUT2D eigenvalue weighted by Gasteiger charge is -2.30. The van der Waals surface area contributed by atoms with Gasteiger partial charge in [0.1, 0.15) is 0 Å². The standard InChI is InChI=1S/C17H26N2O2/c1-12(2)10-11-19(13-6-3-4-7-13)17(21)14-8-5-9-15(18)16(14)20/h5,8-9,12-13,20H,3-4,6-7,10-11,18H2,1-2H3. The van der Waals surface area contributed by atoms with Crippen LogP contribution in [0.5, 0.6) is 5.75 Å². The van der Waals surface area contributed by atoms with E-state index in [0.717, 1.165) is 25.8 Å². The number of rotatable bonds is 5. The van der Waals surface area contributed by atoms with Gasteiger partial charge in [0.2, 0.25) is 0 Å². The minimum absolute atomic E-state index is 0.0879. The molecule has 1 fully saturated rings. The molecule has 1 amide bonds. The molecule has 0 heterocycles. The van der Waals surface area contributed by atoms with Gasteiger partial charge >= 0.3 is 0 Å². The number of nitrogen functional groups attached to an aromatic ring is 1. The van der Waals surface area contributed by atoms with Gasteiger partial charge in [-0.15, -0.1) is 0 Å². The van der Waals surface area contributed by atoms with E-state index in [1.54, 1.807) is 18.2 Å². The minimum atomic E-state index is -0.0904. The smallest absolute Gasteiger partial charge is 0.257 e. The van der Waals surface area contributed by atoms with Crippen molar-refractivity contribution in [1.82, 2.24) is 4.90 Å². The zero-order valence-electron chi connectivity index (χ0n) is 13.0. The number of hydrogen-bond donors (Lipinski definition) is 2. The first kappa shape index (κ1) is 15.7. The summed E-state index contributed by atoms with van der Waals surface area (Å²) in [6.07, 6.45) is 5.46. The van der Waals surface area contributed by atoms with Gasteiger partial charge in [0.15, 0.2) is 5.75 Å².